The predicted octanol–water partition coefficient (Wildman–Crippen LogP) is 1.69. The summed E-state index contributed by atoms with van der Waals surface area (Å²) in [5.41, 5.74) is 2.01. The number of aliphatic hydroxyl groups is 1. The van der Waals surface area contributed by atoms with Crippen molar-refractivity contribution >= 4 is 0 Å². The third-order valence-corrected chi connectivity index (χ3v) is 2.88. The minimum atomic E-state index is -0.622. The summed E-state index contributed by atoms with van der Waals surface area (Å²) in [6.07, 6.45) is 0.0841. The number of methoxy groups -OCH3 is 1. The second kappa shape index (κ2) is 4.21. The standard InChI is InChI=1S/C12H16O3/c1-8(14-2)11(13)10-5-3-4-9-6-7-15-12(9)10/h3-5,8,11,13H,6-7H2,1-2H3. The van der Waals surface area contributed by atoms with E-state index < -0.39 is 6.10 Å². The summed E-state index contributed by atoms with van der Waals surface area (Å²) in [4.78, 5) is 0. The maximum atomic E-state index is 10.0. The van der Waals surface area contributed by atoms with Crippen molar-refractivity contribution in [2.75, 3.05) is 13.7 Å². The minimum Gasteiger partial charge on any atom is -0.493 e. The lowest BCUT2D eigenvalue weighted by atomic mass is 10.0. The van der Waals surface area contributed by atoms with E-state index in [4.69, 9.17) is 9.47 Å². The number of fused-ring (bicyclic) bond motifs is 1. The molecule has 1 N–H and O–H groups in total. The normalized spacial score (nSPS) is 18.1. The Morgan fingerprint density at radius 3 is 3.00 bits per heavy atom. The maximum Gasteiger partial charge on any atom is 0.128 e. The van der Waals surface area contributed by atoms with Gasteiger partial charge in [-0.3, -0.25) is 0 Å². The highest BCUT2D eigenvalue weighted by Gasteiger charge is 2.24. The first-order valence-electron chi connectivity index (χ1n) is 5.19. The molecule has 1 aliphatic heterocycles. The van der Waals surface area contributed by atoms with Crippen LogP contribution in [0.1, 0.15) is 24.2 Å². The maximum absolute atomic E-state index is 10.0. The molecule has 0 aliphatic carbocycles. The van der Waals surface area contributed by atoms with Crippen LogP contribution in [0.5, 0.6) is 5.75 Å². The predicted molar refractivity (Wildman–Crippen MR) is 57.1 cm³/mol. The van der Waals surface area contributed by atoms with Gasteiger partial charge in [0.05, 0.1) is 12.7 Å². The first kappa shape index (κ1) is 10.5. The Morgan fingerprint density at radius 2 is 2.27 bits per heavy atom. The van der Waals surface area contributed by atoms with Crippen molar-refractivity contribution in [3.63, 3.8) is 0 Å². The van der Waals surface area contributed by atoms with Gasteiger partial charge in [0, 0.05) is 19.1 Å². The van der Waals surface area contributed by atoms with Crippen LogP contribution in [0.15, 0.2) is 18.2 Å². The molecular weight excluding hydrogens is 192 g/mol. The molecule has 0 fully saturated rings. The molecule has 2 atom stereocenters. The zero-order chi connectivity index (χ0) is 10.8. The van der Waals surface area contributed by atoms with E-state index in [0.717, 1.165) is 17.7 Å². The minimum absolute atomic E-state index is 0.222. The summed E-state index contributed by atoms with van der Waals surface area (Å²) >= 11 is 0. The van der Waals surface area contributed by atoms with E-state index >= 15 is 0 Å². The van der Waals surface area contributed by atoms with Crippen LogP contribution in [-0.2, 0) is 11.2 Å². The average Bonchev–Trinajstić information content (AvgIpc) is 2.74. The van der Waals surface area contributed by atoms with Gasteiger partial charge in [0.1, 0.15) is 11.9 Å². The fourth-order valence-electron chi connectivity index (χ4n) is 1.86. The molecular formula is C12H16O3. The van der Waals surface area contributed by atoms with Crippen molar-refractivity contribution in [3.8, 4) is 5.75 Å². The third kappa shape index (κ3) is 1.85. The van der Waals surface area contributed by atoms with E-state index in [2.05, 4.69) is 0 Å². The average molecular weight is 208 g/mol. The molecule has 2 rings (SSSR count). The van der Waals surface area contributed by atoms with Crippen LogP contribution in [0.3, 0.4) is 0 Å². The van der Waals surface area contributed by atoms with Crippen LogP contribution < -0.4 is 4.74 Å². The van der Waals surface area contributed by atoms with Crippen molar-refractivity contribution in [2.24, 2.45) is 0 Å². The van der Waals surface area contributed by atoms with E-state index in [1.807, 2.05) is 25.1 Å². The molecule has 3 nitrogen and oxygen atoms in total. The zero-order valence-electron chi connectivity index (χ0n) is 9.06. The fraction of sp³-hybridized carbons (Fsp3) is 0.500. The highest BCUT2D eigenvalue weighted by molar-refractivity contribution is 5.45. The van der Waals surface area contributed by atoms with Crippen molar-refractivity contribution in [1.29, 1.82) is 0 Å². The Bertz CT molecular complexity index is 349. The second-order valence-corrected chi connectivity index (χ2v) is 3.82. The molecule has 0 bridgehead atoms. The SMILES string of the molecule is COC(C)C(O)c1cccc2c1OCC2. The lowest BCUT2D eigenvalue weighted by Crippen LogP contribution is -2.17. The Balaban J connectivity index is 2.32. The van der Waals surface area contributed by atoms with E-state index in [0.29, 0.717) is 6.61 Å². The molecule has 1 heterocycles. The van der Waals surface area contributed by atoms with Gasteiger partial charge in [-0.15, -0.1) is 0 Å². The zero-order valence-corrected chi connectivity index (χ0v) is 9.06. The Morgan fingerprint density at radius 1 is 1.47 bits per heavy atom. The number of hydrogen-bond acceptors (Lipinski definition) is 3. The van der Waals surface area contributed by atoms with Crippen LogP contribution >= 0.6 is 0 Å². The highest BCUT2D eigenvalue weighted by Crippen LogP contribution is 2.34. The van der Waals surface area contributed by atoms with Gasteiger partial charge in [-0.2, -0.15) is 0 Å². The fourth-order valence-corrected chi connectivity index (χ4v) is 1.86. The van der Waals surface area contributed by atoms with Gasteiger partial charge < -0.3 is 14.6 Å². The van der Waals surface area contributed by atoms with E-state index in [-0.39, 0.29) is 6.10 Å². The monoisotopic (exact) mass is 208 g/mol. The Kier molecular flexibility index (Phi) is 2.93. The molecule has 1 aromatic rings. The van der Waals surface area contributed by atoms with Gasteiger partial charge in [0.2, 0.25) is 0 Å². The summed E-state index contributed by atoms with van der Waals surface area (Å²) in [6.45, 7) is 2.56. The van der Waals surface area contributed by atoms with Crippen LogP contribution in [0, 0.1) is 0 Å². The van der Waals surface area contributed by atoms with Gasteiger partial charge in [-0.25, -0.2) is 0 Å². The lowest BCUT2D eigenvalue weighted by molar-refractivity contribution is -0.00251. The third-order valence-electron chi connectivity index (χ3n) is 2.88. The first-order chi connectivity index (χ1) is 7.24. The lowest BCUT2D eigenvalue weighted by Gasteiger charge is -2.19. The van der Waals surface area contributed by atoms with Crippen molar-refractivity contribution < 1.29 is 14.6 Å². The van der Waals surface area contributed by atoms with Gasteiger partial charge in [0.15, 0.2) is 0 Å². The van der Waals surface area contributed by atoms with Crippen LogP contribution in [-0.4, -0.2) is 24.9 Å². The number of benzene rings is 1. The number of rotatable bonds is 3. The summed E-state index contributed by atoms with van der Waals surface area (Å²) in [6, 6.07) is 5.88. The van der Waals surface area contributed by atoms with Crippen molar-refractivity contribution in [1.82, 2.24) is 0 Å². The molecule has 2 unspecified atom stereocenters. The molecule has 0 saturated carbocycles. The Hall–Kier alpha value is -1.06. The van der Waals surface area contributed by atoms with Crippen LogP contribution in [0.25, 0.3) is 0 Å². The molecule has 1 aliphatic rings. The van der Waals surface area contributed by atoms with Crippen LogP contribution in [0.4, 0.5) is 0 Å². The van der Waals surface area contributed by atoms with Crippen molar-refractivity contribution in [2.45, 2.75) is 25.6 Å². The van der Waals surface area contributed by atoms with Gasteiger partial charge in [-0.1, -0.05) is 18.2 Å². The summed E-state index contributed by atoms with van der Waals surface area (Å²) < 4.78 is 10.7. The van der Waals surface area contributed by atoms with Crippen LogP contribution in [0.2, 0.25) is 0 Å². The van der Waals surface area contributed by atoms with Crippen molar-refractivity contribution in [3.05, 3.63) is 29.3 Å². The number of hydrogen-bond donors (Lipinski definition) is 1. The smallest absolute Gasteiger partial charge is 0.128 e. The largest absolute Gasteiger partial charge is 0.493 e. The van der Waals surface area contributed by atoms with Gasteiger partial charge >= 0.3 is 0 Å². The molecule has 0 saturated heterocycles. The summed E-state index contributed by atoms with van der Waals surface area (Å²) in [5, 5.41) is 10.0. The molecule has 0 spiro atoms. The topological polar surface area (TPSA) is 38.7 Å². The molecule has 0 radical (unpaired) electrons. The first-order valence-corrected chi connectivity index (χ1v) is 5.19. The molecule has 0 amide bonds. The second-order valence-electron chi connectivity index (χ2n) is 3.82. The molecule has 0 aromatic heterocycles. The molecule has 15 heavy (non-hydrogen) atoms. The highest BCUT2D eigenvalue weighted by atomic mass is 16.5. The number of aliphatic hydroxyl groups excluding tert-OH is 1. The molecule has 3 heteroatoms. The van der Waals surface area contributed by atoms with Gasteiger partial charge in [-0.05, 0) is 12.5 Å². The quantitative estimate of drug-likeness (QED) is 0.821. The molecule has 1 aromatic carbocycles. The summed E-state index contributed by atoms with van der Waals surface area (Å²) in [5.74, 6) is 0.842. The summed E-state index contributed by atoms with van der Waals surface area (Å²) in [7, 11) is 1.60. The number of para-hydroxylation sites is 1. The molecule has 82 valence electrons. The number of ether oxygens (including phenoxy) is 2. The van der Waals surface area contributed by atoms with E-state index in [9.17, 15) is 5.11 Å². The van der Waals surface area contributed by atoms with E-state index in [1.165, 1.54) is 5.56 Å². The Labute approximate surface area is 89.6 Å². The van der Waals surface area contributed by atoms with Gasteiger partial charge in [0.25, 0.3) is 0 Å². The van der Waals surface area contributed by atoms with E-state index in [1.54, 1.807) is 7.11 Å².